The van der Waals surface area contributed by atoms with Crippen LogP contribution in [-0.2, 0) is 10.0 Å². The summed E-state index contributed by atoms with van der Waals surface area (Å²) in [6, 6.07) is 3.65. The molecule has 0 unspecified atom stereocenters. The number of Topliss-reactive ketones (excluding diaryl/α,β-unsaturated/α-hetero) is 1. The topological polar surface area (TPSA) is 142 Å². The van der Waals surface area contributed by atoms with Crippen LogP contribution in [0.5, 0.6) is 0 Å². The van der Waals surface area contributed by atoms with Crippen molar-refractivity contribution in [3.05, 3.63) is 23.8 Å². The van der Waals surface area contributed by atoms with Gasteiger partial charge in [0, 0.05) is 23.6 Å². The molecule has 1 aromatic carbocycles. The molecule has 0 fully saturated rings. The molecular formula is C10H13ClN4O3S. The zero-order chi connectivity index (χ0) is 14.6. The second kappa shape index (κ2) is 5.89. The van der Waals surface area contributed by atoms with Crippen LogP contribution in [0.3, 0.4) is 0 Å². The summed E-state index contributed by atoms with van der Waals surface area (Å²) in [6.45, 7) is 0. The van der Waals surface area contributed by atoms with Crippen molar-refractivity contribution in [3.8, 4) is 0 Å². The van der Waals surface area contributed by atoms with Gasteiger partial charge in [-0.2, -0.15) is 8.42 Å². The highest BCUT2D eigenvalue weighted by Gasteiger charge is 2.17. The Balaban J connectivity index is 3.31. The maximum absolute atomic E-state index is 11.8. The average molecular weight is 305 g/mol. The SMILES string of the molecule is NC(N)=NS(=O)(=O)c1ccc(N)c(C(=O)CCCl)c1. The maximum atomic E-state index is 11.8. The van der Waals surface area contributed by atoms with E-state index in [2.05, 4.69) is 4.40 Å². The predicted molar refractivity (Wildman–Crippen MR) is 73.5 cm³/mol. The van der Waals surface area contributed by atoms with E-state index in [9.17, 15) is 13.2 Å². The number of nitrogen functional groups attached to an aromatic ring is 1. The van der Waals surface area contributed by atoms with Crippen molar-refractivity contribution in [1.29, 1.82) is 0 Å². The van der Waals surface area contributed by atoms with Gasteiger partial charge in [-0.05, 0) is 18.2 Å². The van der Waals surface area contributed by atoms with Crippen molar-refractivity contribution in [2.45, 2.75) is 11.3 Å². The summed E-state index contributed by atoms with van der Waals surface area (Å²) in [5, 5.41) is 0. The van der Waals surface area contributed by atoms with E-state index in [0.29, 0.717) is 0 Å². The summed E-state index contributed by atoms with van der Waals surface area (Å²) >= 11 is 5.46. The van der Waals surface area contributed by atoms with Crippen LogP contribution in [0.25, 0.3) is 0 Å². The van der Waals surface area contributed by atoms with Crippen LogP contribution in [0.15, 0.2) is 27.5 Å². The molecule has 0 aromatic heterocycles. The Kier molecular flexibility index (Phi) is 4.73. The summed E-state index contributed by atoms with van der Waals surface area (Å²) in [5.41, 5.74) is 15.9. The number of hydrogen-bond acceptors (Lipinski definition) is 4. The van der Waals surface area contributed by atoms with Crippen LogP contribution < -0.4 is 17.2 Å². The fraction of sp³-hybridized carbons (Fsp3) is 0.200. The Morgan fingerprint density at radius 3 is 2.47 bits per heavy atom. The van der Waals surface area contributed by atoms with Crippen LogP contribution in [0.2, 0.25) is 0 Å². The molecule has 0 saturated heterocycles. The second-order valence-corrected chi connectivity index (χ2v) is 5.58. The van der Waals surface area contributed by atoms with Gasteiger partial charge >= 0.3 is 0 Å². The molecule has 0 aliphatic carbocycles. The van der Waals surface area contributed by atoms with Gasteiger partial charge in [0.05, 0.1) is 4.90 Å². The molecule has 0 spiro atoms. The molecule has 0 atom stereocenters. The Morgan fingerprint density at radius 1 is 1.32 bits per heavy atom. The molecule has 7 nitrogen and oxygen atoms in total. The number of anilines is 1. The van der Waals surface area contributed by atoms with Crippen LogP contribution in [-0.4, -0.2) is 26.0 Å². The quantitative estimate of drug-likeness (QED) is 0.230. The Hall–Kier alpha value is -1.80. The number of guanidine groups is 1. The van der Waals surface area contributed by atoms with Gasteiger partial charge < -0.3 is 17.2 Å². The minimum absolute atomic E-state index is 0.0531. The predicted octanol–water partition coefficient (Wildman–Crippen LogP) is 0.0425. The van der Waals surface area contributed by atoms with E-state index in [1.165, 1.54) is 12.1 Å². The summed E-state index contributed by atoms with van der Waals surface area (Å²) < 4.78 is 26.6. The third-order valence-electron chi connectivity index (χ3n) is 2.17. The van der Waals surface area contributed by atoms with E-state index < -0.39 is 16.0 Å². The highest BCUT2D eigenvalue weighted by molar-refractivity contribution is 7.90. The minimum atomic E-state index is -4.05. The van der Waals surface area contributed by atoms with Crippen molar-refractivity contribution >= 4 is 39.1 Å². The van der Waals surface area contributed by atoms with Crippen LogP contribution in [0.1, 0.15) is 16.8 Å². The van der Waals surface area contributed by atoms with Crippen molar-refractivity contribution < 1.29 is 13.2 Å². The monoisotopic (exact) mass is 304 g/mol. The fourth-order valence-electron chi connectivity index (χ4n) is 1.35. The molecule has 0 bridgehead atoms. The molecule has 0 aliphatic rings. The second-order valence-electron chi connectivity index (χ2n) is 3.60. The standard InChI is InChI=1S/C10H13ClN4O3S/c11-4-3-9(16)7-5-6(1-2-8(7)12)19(17,18)15-10(13)14/h1-2,5H,3-4,12H2,(H4,13,14,15). The Morgan fingerprint density at radius 2 is 1.95 bits per heavy atom. The lowest BCUT2D eigenvalue weighted by Gasteiger charge is -2.06. The van der Waals surface area contributed by atoms with E-state index in [-0.39, 0.29) is 34.2 Å². The smallest absolute Gasteiger partial charge is 0.285 e. The first kappa shape index (κ1) is 15.3. The zero-order valence-electron chi connectivity index (χ0n) is 9.84. The van der Waals surface area contributed by atoms with Crippen molar-refractivity contribution in [2.24, 2.45) is 15.9 Å². The van der Waals surface area contributed by atoms with E-state index >= 15 is 0 Å². The number of carbonyl (C=O) groups excluding carboxylic acids is 1. The molecule has 0 aliphatic heterocycles. The maximum Gasteiger partial charge on any atom is 0.285 e. The number of benzene rings is 1. The number of rotatable bonds is 5. The van der Waals surface area contributed by atoms with Crippen LogP contribution >= 0.6 is 11.6 Å². The normalized spacial score (nSPS) is 11.0. The molecule has 0 radical (unpaired) electrons. The van der Waals surface area contributed by atoms with Gasteiger partial charge in [0.1, 0.15) is 0 Å². The summed E-state index contributed by atoms with van der Waals surface area (Å²) in [6.07, 6.45) is 0.0531. The van der Waals surface area contributed by atoms with Gasteiger partial charge in [-0.25, -0.2) is 0 Å². The molecule has 0 heterocycles. The van der Waals surface area contributed by atoms with Gasteiger partial charge in [0.15, 0.2) is 5.78 Å². The first-order valence-corrected chi connectivity index (χ1v) is 7.10. The first-order valence-electron chi connectivity index (χ1n) is 5.12. The largest absolute Gasteiger partial charge is 0.398 e. The third kappa shape index (κ3) is 3.83. The van der Waals surface area contributed by atoms with E-state index in [1.54, 1.807) is 0 Å². The highest BCUT2D eigenvalue weighted by atomic mass is 35.5. The minimum Gasteiger partial charge on any atom is -0.398 e. The Bertz CT molecular complexity index is 624. The molecule has 1 rings (SSSR count). The van der Waals surface area contributed by atoms with Gasteiger partial charge in [0.25, 0.3) is 10.0 Å². The summed E-state index contributed by atoms with van der Waals surface area (Å²) in [7, 11) is -4.05. The van der Waals surface area contributed by atoms with E-state index in [0.717, 1.165) is 6.07 Å². The summed E-state index contributed by atoms with van der Waals surface area (Å²) in [5.74, 6) is -0.830. The number of alkyl halides is 1. The van der Waals surface area contributed by atoms with Gasteiger partial charge in [-0.15, -0.1) is 16.0 Å². The Labute approximate surface area is 115 Å². The number of hydrogen-bond donors (Lipinski definition) is 3. The lowest BCUT2D eigenvalue weighted by Crippen LogP contribution is -2.24. The van der Waals surface area contributed by atoms with Crippen LogP contribution in [0.4, 0.5) is 5.69 Å². The van der Waals surface area contributed by atoms with Crippen molar-refractivity contribution in [3.63, 3.8) is 0 Å². The molecule has 19 heavy (non-hydrogen) atoms. The molecule has 0 saturated carbocycles. The average Bonchev–Trinajstić information content (AvgIpc) is 2.27. The number of halogens is 1. The van der Waals surface area contributed by atoms with Gasteiger partial charge in [0.2, 0.25) is 5.96 Å². The van der Waals surface area contributed by atoms with Crippen LogP contribution in [0, 0.1) is 0 Å². The molecular weight excluding hydrogens is 292 g/mol. The number of ketones is 1. The molecule has 6 N–H and O–H groups in total. The van der Waals surface area contributed by atoms with Gasteiger partial charge in [-0.1, -0.05) is 0 Å². The third-order valence-corrected chi connectivity index (χ3v) is 3.66. The fourth-order valence-corrected chi connectivity index (χ4v) is 2.41. The van der Waals surface area contributed by atoms with E-state index in [1.807, 2.05) is 0 Å². The summed E-state index contributed by atoms with van der Waals surface area (Å²) in [4.78, 5) is 11.5. The number of carbonyl (C=O) groups is 1. The lowest BCUT2D eigenvalue weighted by molar-refractivity contribution is 0.0990. The molecule has 1 aromatic rings. The lowest BCUT2D eigenvalue weighted by atomic mass is 10.1. The number of nitrogens with two attached hydrogens (primary N) is 3. The molecule has 9 heteroatoms. The molecule has 0 amide bonds. The van der Waals surface area contributed by atoms with E-state index in [4.69, 9.17) is 28.8 Å². The van der Waals surface area contributed by atoms with Crippen molar-refractivity contribution in [2.75, 3.05) is 11.6 Å². The molecule has 104 valence electrons. The van der Waals surface area contributed by atoms with Crippen molar-refractivity contribution in [1.82, 2.24) is 0 Å². The first-order chi connectivity index (χ1) is 8.77. The number of nitrogens with zero attached hydrogens (tertiary/aromatic N) is 1. The zero-order valence-corrected chi connectivity index (χ0v) is 11.4. The van der Waals surface area contributed by atoms with Gasteiger partial charge in [-0.3, -0.25) is 4.79 Å². The number of sulfonamides is 1. The highest BCUT2D eigenvalue weighted by Crippen LogP contribution is 2.21.